The lowest BCUT2D eigenvalue weighted by atomic mass is 9.99. The van der Waals surface area contributed by atoms with E-state index < -0.39 is 17.2 Å². The molecule has 1 aromatic heterocycles. The van der Waals surface area contributed by atoms with Crippen LogP contribution in [0.25, 0.3) is 0 Å². The van der Waals surface area contributed by atoms with Crippen molar-refractivity contribution in [3.63, 3.8) is 0 Å². The van der Waals surface area contributed by atoms with Crippen LogP contribution < -0.4 is 5.73 Å². The Hall–Kier alpha value is -1.40. The summed E-state index contributed by atoms with van der Waals surface area (Å²) in [5.41, 5.74) is 8.86. The molecule has 1 atom stereocenters. The van der Waals surface area contributed by atoms with Gasteiger partial charge in [0.2, 0.25) is 0 Å². The highest BCUT2D eigenvalue weighted by molar-refractivity contribution is 7.11. The Morgan fingerprint density at radius 2 is 1.95 bits per heavy atom. The number of benzene rings is 1. The van der Waals surface area contributed by atoms with E-state index in [9.17, 15) is 13.2 Å². The number of thiazole rings is 1. The minimum absolute atomic E-state index is 0.418. The van der Waals surface area contributed by atoms with Crippen molar-refractivity contribution in [1.29, 1.82) is 0 Å². The molecule has 0 radical (unpaired) electrons. The monoisotopic (exact) mass is 286 g/mol. The van der Waals surface area contributed by atoms with Crippen molar-refractivity contribution in [2.75, 3.05) is 0 Å². The molecule has 1 unspecified atom stereocenters. The van der Waals surface area contributed by atoms with Gasteiger partial charge >= 0.3 is 6.18 Å². The quantitative estimate of drug-likeness (QED) is 0.911. The van der Waals surface area contributed by atoms with Gasteiger partial charge in [-0.05, 0) is 25.0 Å². The van der Waals surface area contributed by atoms with E-state index >= 15 is 0 Å². The zero-order chi connectivity index (χ0) is 14.2. The van der Waals surface area contributed by atoms with Gasteiger partial charge in [0.15, 0.2) is 5.01 Å². The molecule has 2 N–H and O–H groups in total. The number of alkyl halides is 3. The van der Waals surface area contributed by atoms with Gasteiger partial charge in [-0.2, -0.15) is 13.2 Å². The number of nitrogens with zero attached hydrogens (tertiary/aromatic N) is 1. The first-order valence-electron chi connectivity index (χ1n) is 5.64. The topological polar surface area (TPSA) is 38.9 Å². The van der Waals surface area contributed by atoms with E-state index in [4.69, 9.17) is 5.73 Å². The van der Waals surface area contributed by atoms with Gasteiger partial charge in [0.05, 0.1) is 6.04 Å². The summed E-state index contributed by atoms with van der Waals surface area (Å²) < 4.78 is 37.6. The second-order valence-corrected chi connectivity index (χ2v) is 5.47. The second kappa shape index (κ2) is 4.94. The zero-order valence-electron chi connectivity index (χ0n) is 10.5. The van der Waals surface area contributed by atoms with Crippen LogP contribution in [-0.2, 0) is 6.18 Å². The maximum absolute atomic E-state index is 12.5. The number of aryl methyl sites for hydroxylation is 2. The molecule has 19 heavy (non-hydrogen) atoms. The normalized spacial score (nSPS) is 13.6. The first kappa shape index (κ1) is 14.0. The average Bonchev–Trinajstić information content (AvgIpc) is 2.80. The van der Waals surface area contributed by atoms with E-state index in [1.165, 1.54) is 6.20 Å². The van der Waals surface area contributed by atoms with Gasteiger partial charge in [-0.25, -0.2) is 4.98 Å². The van der Waals surface area contributed by atoms with Gasteiger partial charge in [-0.1, -0.05) is 23.8 Å². The predicted molar refractivity (Wildman–Crippen MR) is 69.1 cm³/mol. The molecule has 0 bridgehead atoms. The van der Waals surface area contributed by atoms with Crippen LogP contribution in [0.2, 0.25) is 0 Å². The van der Waals surface area contributed by atoms with Crippen LogP contribution >= 0.6 is 11.3 Å². The van der Waals surface area contributed by atoms with E-state index in [0.717, 1.165) is 16.7 Å². The predicted octanol–water partition coefficient (Wildman–Crippen LogP) is 3.83. The molecule has 0 amide bonds. The van der Waals surface area contributed by atoms with Crippen LogP contribution in [-0.4, -0.2) is 4.98 Å². The third-order valence-corrected chi connectivity index (χ3v) is 3.97. The molecule has 0 aliphatic rings. The molecule has 1 aromatic carbocycles. The second-order valence-electron chi connectivity index (χ2n) is 4.40. The van der Waals surface area contributed by atoms with Crippen molar-refractivity contribution in [2.24, 2.45) is 5.73 Å². The fourth-order valence-corrected chi connectivity index (χ4v) is 2.61. The highest BCUT2D eigenvalue weighted by Gasteiger charge is 2.35. The number of hydrogen-bond acceptors (Lipinski definition) is 3. The number of hydrogen-bond donors (Lipinski definition) is 1. The SMILES string of the molecule is Cc1ccc(C)c(C(N)c2cnc(C(F)(F)F)s2)c1. The van der Waals surface area contributed by atoms with Crippen molar-refractivity contribution < 1.29 is 13.2 Å². The summed E-state index contributed by atoms with van der Waals surface area (Å²) in [7, 11) is 0. The molecule has 2 rings (SSSR count). The van der Waals surface area contributed by atoms with E-state index in [1.807, 2.05) is 32.0 Å². The van der Waals surface area contributed by atoms with Gasteiger partial charge in [0.1, 0.15) is 0 Å². The van der Waals surface area contributed by atoms with E-state index in [-0.39, 0.29) is 0 Å². The summed E-state index contributed by atoms with van der Waals surface area (Å²) in [6, 6.07) is 5.18. The van der Waals surface area contributed by atoms with Gasteiger partial charge in [0, 0.05) is 11.1 Å². The third-order valence-electron chi connectivity index (χ3n) is 2.84. The first-order valence-corrected chi connectivity index (χ1v) is 6.46. The minimum atomic E-state index is -4.41. The summed E-state index contributed by atoms with van der Waals surface area (Å²) in [5.74, 6) is 0. The van der Waals surface area contributed by atoms with Crippen LogP contribution in [0.4, 0.5) is 13.2 Å². The molecular weight excluding hydrogens is 273 g/mol. The van der Waals surface area contributed by atoms with Crippen molar-refractivity contribution in [3.05, 3.63) is 51.0 Å². The zero-order valence-corrected chi connectivity index (χ0v) is 11.3. The van der Waals surface area contributed by atoms with Crippen molar-refractivity contribution in [3.8, 4) is 0 Å². The molecule has 2 nitrogen and oxygen atoms in total. The van der Waals surface area contributed by atoms with Crippen LogP contribution in [0.3, 0.4) is 0 Å². The molecule has 0 spiro atoms. The third kappa shape index (κ3) is 2.96. The standard InChI is InChI=1S/C13H13F3N2S/c1-7-3-4-8(2)9(5-7)11(17)10-6-18-12(19-10)13(14,15)16/h3-6,11H,17H2,1-2H3. The van der Waals surface area contributed by atoms with E-state index in [0.29, 0.717) is 16.2 Å². The van der Waals surface area contributed by atoms with Crippen LogP contribution in [0.1, 0.15) is 32.6 Å². The largest absolute Gasteiger partial charge is 0.443 e. The Morgan fingerprint density at radius 1 is 1.26 bits per heavy atom. The van der Waals surface area contributed by atoms with Crippen molar-refractivity contribution in [1.82, 2.24) is 4.98 Å². The Balaban J connectivity index is 2.36. The number of halogens is 3. The molecule has 2 aromatic rings. The van der Waals surface area contributed by atoms with E-state index in [1.54, 1.807) is 0 Å². The molecule has 6 heteroatoms. The van der Waals surface area contributed by atoms with Crippen molar-refractivity contribution >= 4 is 11.3 Å². The Kier molecular flexibility index (Phi) is 3.64. The molecule has 1 heterocycles. The first-order chi connectivity index (χ1) is 8.79. The number of rotatable bonds is 2. The van der Waals surface area contributed by atoms with E-state index in [2.05, 4.69) is 4.98 Å². The van der Waals surface area contributed by atoms with Crippen LogP contribution in [0, 0.1) is 13.8 Å². The summed E-state index contributed by atoms with van der Waals surface area (Å²) in [6.07, 6.45) is -3.20. The molecular formula is C13H13F3N2S. The summed E-state index contributed by atoms with van der Waals surface area (Å²) in [5, 5.41) is -0.858. The molecule has 102 valence electrons. The molecule has 0 aliphatic heterocycles. The van der Waals surface area contributed by atoms with Gasteiger partial charge in [0.25, 0.3) is 0 Å². The lowest BCUT2D eigenvalue weighted by molar-refractivity contribution is -0.137. The smallest absolute Gasteiger partial charge is 0.320 e. The van der Waals surface area contributed by atoms with Crippen molar-refractivity contribution in [2.45, 2.75) is 26.1 Å². The molecule has 0 saturated heterocycles. The minimum Gasteiger partial charge on any atom is -0.320 e. The lowest BCUT2D eigenvalue weighted by Gasteiger charge is -2.13. The Labute approximate surface area is 113 Å². The molecule has 0 saturated carbocycles. The van der Waals surface area contributed by atoms with Crippen LogP contribution in [0.15, 0.2) is 24.4 Å². The molecule has 0 aliphatic carbocycles. The highest BCUT2D eigenvalue weighted by Crippen LogP contribution is 2.35. The lowest BCUT2D eigenvalue weighted by Crippen LogP contribution is -2.12. The van der Waals surface area contributed by atoms with Crippen LogP contribution in [0.5, 0.6) is 0 Å². The van der Waals surface area contributed by atoms with Gasteiger partial charge in [-0.15, -0.1) is 11.3 Å². The highest BCUT2D eigenvalue weighted by atomic mass is 32.1. The maximum atomic E-state index is 12.5. The fraction of sp³-hybridized carbons (Fsp3) is 0.308. The average molecular weight is 286 g/mol. The summed E-state index contributed by atoms with van der Waals surface area (Å²) in [4.78, 5) is 3.82. The summed E-state index contributed by atoms with van der Waals surface area (Å²) >= 11 is 0.596. The van der Waals surface area contributed by atoms with Gasteiger partial charge < -0.3 is 5.73 Å². The Morgan fingerprint density at radius 3 is 2.53 bits per heavy atom. The Bertz CT molecular complexity index is 590. The fourth-order valence-electron chi connectivity index (χ4n) is 1.81. The van der Waals surface area contributed by atoms with Gasteiger partial charge in [-0.3, -0.25) is 0 Å². The summed E-state index contributed by atoms with van der Waals surface area (Å²) in [6.45, 7) is 3.81. The maximum Gasteiger partial charge on any atom is 0.443 e. The number of aromatic nitrogens is 1. The molecule has 0 fully saturated rings. The number of nitrogens with two attached hydrogens (primary N) is 1.